The van der Waals surface area contributed by atoms with Crippen LogP contribution in [0.2, 0.25) is 0 Å². The summed E-state index contributed by atoms with van der Waals surface area (Å²) in [6.07, 6.45) is 4.08. The molecule has 1 aliphatic rings. The molecule has 3 aromatic rings. The number of hydrogen-bond donors (Lipinski definition) is 0. The molecule has 4 rings (SSSR count). The molecule has 0 spiro atoms. The second kappa shape index (κ2) is 7.94. The number of aromatic nitrogens is 5. The quantitative estimate of drug-likeness (QED) is 0.672. The number of carbonyl (C=O) groups is 1. The summed E-state index contributed by atoms with van der Waals surface area (Å²) in [6.45, 7) is 4.25. The lowest BCUT2D eigenvalue weighted by molar-refractivity contribution is 0.0745. The number of hydrogen-bond acceptors (Lipinski definition) is 6. The fraction of sp³-hybridized carbons (Fsp3) is 0.350. The second-order valence-corrected chi connectivity index (χ2v) is 6.89. The highest BCUT2D eigenvalue weighted by atomic mass is 19.1. The average molecular weight is 395 g/mol. The van der Waals surface area contributed by atoms with Crippen molar-refractivity contribution >= 4 is 11.9 Å². The van der Waals surface area contributed by atoms with Gasteiger partial charge >= 0.3 is 0 Å². The van der Waals surface area contributed by atoms with Crippen LogP contribution < -0.4 is 4.90 Å². The first-order valence-electron chi connectivity index (χ1n) is 9.57. The van der Waals surface area contributed by atoms with Crippen molar-refractivity contribution in [3.8, 4) is 11.4 Å². The third kappa shape index (κ3) is 3.94. The van der Waals surface area contributed by atoms with Crippen LogP contribution in [-0.2, 0) is 13.5 Å². The number of amides is 1. The summed E-state index contributed by atoms with van der Waals surface area (Å²) in [5, 5.41) is 4.31. The maximum atomic E-state index is 14.3. The minimum atomic E-state index is -0.469. The standard InChI is InChI=1S/C20H22FN7O/c1-3-17-24-18(26(2)25-17)14-11-15(13-16(21)12-14)19(29)27-7-9-28(10-8-27)20-22-5-4-6-23-20/h4-6,11-13H,3,7-10H2,1-2H3. The smallest absolute Gasteiger partial charge is 0.254 e. The SMILES string of the molecule is CCc1nc(-c2cc(F)cc(C(=O)N3CCN(c4ncccn4)CC3)c2)n(C)n1. The summed E-state index contributed by atoms with van der Waals surface area (Å²) in [7, 11) is 1.76. The summed E-state index contributed by atoms with van der Waals surface area (Å²) in [4.78, 5) is 29.7. The number of piperazine rings is 1. The van der Waals surface area contributed by atoms with Crippen LogP contribution in [0.15, 0.2) is 36.7 Å². The molecule has 29 heavy (non-hydrogen) atoms. The maximum absolute atomic E-state index is 14.3. The van der Waals surface area contributed by atoms with E-state index in [2.05, 4.69) is 20.1 Å². The van der Waals surface area contributed by atoms with Crippen LogP contribution in [0.25, 0.3) is 11.4 Å². The Morgan fingerprint density at radius 1 is 1.10 bits per heavy atom. The van der Waals surface area contributed by atoms with Gasteiger partial charge in [0, 0.05) is 63.2 Å². The molecule has 9 heteroatoms. The maximum Gasteiger partial charge on any atom is 0.254 e. The molecule has 1 saturated heterocycles. The van der Waals surface area contributed by atoms with Crippen LogP contribution in [0.4, 0.5) is 10.3 Å². The zero-order valence-corrected chi connectivity index (χ0v) is 16.4. The van der Waals surface area contributed by atoms with Crippen molar-refractivity contribution in [2.45, 2.75) is 13.3 Å². The van der Waals surface area contributed by atoms with E-state index in [1.165, 1.54) is 12.1 Å². The van der Waals surface area contributed by atoms with E-state index in [1.807, 2.05) is 11.8 Å². The number of carbonyl (C=O) groups excluding carboxylic acids is 1. The number of aryl methyl sites for hydroxylation is 2. The summed E-state index contributed by atoms with van der Waals surface area (Å²) < 4.78 is 15.9. The molecule has 0 bridgehead atoms. The average Bonchev–Trinajstić information content (AvgIpc) is 3.14. The molecule has 0 saturated carbocycles. The van der Waals surface area contributed by atoms with E-state index in [-0.39, 0.29) is 5.91 Å². The monoisotopic (exact) mass is 395 g/mol. The van der Waals surface area contributed by atoms with E-state index in [0.29, 0.717) is 61.3 Å². The molecule has 1 amide bonds. The van der Waals surface area contributed by atoms with Crippen molar-refractivity contribution in [2.75, 3.05) is 31.1 Å². The molecular formula is C20H22FN7O. The highest BCUT2D eigenvalue weighted by Crippen LogP contribution is 2.22. The fourth-order valence-electron chi connectivity index (χ4n) is 3.43. The number of rotatable bonds is 4. The predicted molar refractivity (Wildman–Crippen MR) is 106 cm³/mol. The Morgan fingerprint density at radius 2 is 1.83 bits per heavy atom. The molecule has 0 atom stereocenters. The number of halogens is 1. The van der Waals surface area contributed by atoms with Crippen LogP contribution in [0.3, 0.4) is 0 Å². The van der Waals surface area contributed by atoms with Crippen LogP contribution in [0.5, 0.6) is 0 Å². The fourth-order valence-corrected chi connectivity index (χ4v) is 3.43. The van der Waals surface area contributed by atoms with E-state index < -0.39 is 5.82 Å². The topological polar surface area (TPSA) is 80.0 Å². The van der Waals surface area contributed by atoms with Gasteiger partial charge in [-0.2, -0.15) is 5.10 Å². The van der Waals surface area contributed by atoms with E-state index >= 15 is 0 Å². The van der Waals surface area contributed by atoms with Gasteiger partial charge in [0.05, 0.1) is 0 Å². The summed E-state index contributed by atoms with van der Waals surface area (Å²) in [5.74, 6) is 1.21. The van der Waals surface area contributed by atoms with Crippen LogP contribution in [0.1, 0.15) is 23.1 Å². The van der Waals surface area contributed by atoms with E-state index in [1.54, 1.807) is 41.2 Å². The van der Waals surface area contributed by atoms with Crippen molar-refractivity contribution < 1.29 is 9.18 Å². The van der Waals surface area contributed by atoms with Gasteiger partial charge in [-0.3, -0.25) is 4.79 Å². The predicted octanol–water partition coefficient (Wildman–Crippen LogP) is 1.94. The first-order chi connectivity index (χ1) is 14.0. The molecule has 0 radical (unpaired) electrons. The van der Waals surface area contributed by atoms with Crippen LogP contribution in [-0.4, -0.2) is 61.7 Å². The largest absolute Gasteiger partial charge is 0.337 e. The Kier molecular flexibility index (Phi) is 5.20. The van der Waals surface area contributed by atoms with Gasteiger partial charge in [-0.15, -0.1) is 0 Å². The van der Waals surface area contributed by atoms with Crippen molar-refractivity contribution in [2.24, 2.45) is 7.05 Å². The third-order valence-electron chi connectivity index (χ3n) is 4.93. The lowest BCUT2D eigenvalue weighted by Crippen LogP contribution is -2.49. The van der Waals surface area contributed by atoms with Gasteiger partial charge in [-0.05, 0) is 24.3 Å². The summed E-state index contributed by atoms with van der Waals surface area (Å²) >= 11 is 0. The first-order valence-corrected chi connectivity index (χ1v) is 9.57. The number of nitrogens with zero attached hydrogens (tertiary/aromatic N) is 7. The van der Waals surface area contributed by atoms with Gasteiger partial charge < -0.3 is 9.80 Å². The normalized spacial score (nSPS) is 14.3. The van der Waals surface area contributed by atoms with Gasteiger partial charge in [0.2, 0.25) is 5.95 Å². The van der Waals surface area contributed by atoms with Crippen LogP contribution in [0, 0.1) is 5.82 Å². The summed E-state index contributed by atoms with van der Waals surface area (Å²) in [6, 6.07) is 6.10. The van der Waals surface area contributed by atoms with Gasteiger partial charge in [0.15, 0.2) is 11.6 Å². The Hall–Kier alpha value is -3.36. The van der Waals surface area contributed by atoms with Crippen LogP contribution >= 0.6 is 0 Å². The lowest BCUT2D eigenvalue weighted by atomic mass is 10.1. The molecular weight excluding hydrogens is 373 g/mol. The van der Waals surface area contributed by atoms with Gasteiger partial charge in [-0.1, -0.05) is 6.92 Å². The molecule has 1 aromatic carbocycles. The molecule has 150 valence electrons. The van der Waals surface area contributed by atoms with Gasteiger partial charge in [0.1, 0.15) is 5.82 Å². The van der Waals surface area contributed by atoms with Crippen molar-refractivity contribution in [3.63, 3.8) is 0 Å². The Balaban J connectivity index is 1.52. The molecule has 2 aromatic heterocycles. The van der Waals surface area contributed by atoms with Crippen molar-refractivity contribution in [1.29, 1.82) is 0 Å². The zero-order valence-electron chi connectivity index (χ0n) is 16.4. The third-order valence-corrected chi connectivity index (χ3v) is 4.93. The zero-order chi connectivity index (χ0) is 20.4. The van der Waals surface area contributed by atoms with Gasteiger partial charge in [-0.25, -0.2) is 24.0 Å². The highest BCUT2D eigenvalue weighted by Gasteiger charge is 2.24. The minimum Gasteiger partial charge on any atom is -0.337 e. The minimum absolute atomic E-state index is 0.197. The number of anilines is 1. The Bertz CT molecular complexity index is 1010. The first kappa shape index (κ1) is 19.0. The van der Waals surface area contributed by atoms with E-state index in [9.17, 15) is 9.18 Å². The van der Waals surface area contributed by atoms with E-state index in [0.717, 1.165) is 0 Å². The Morgan fingerprint density at radius 3 is 2.48 bits per heavy atom. The highest BCUT2D eigenvalue weighted by molar-refractivity contribution is 5.95. The Labute approximate surface area is 168 Å². The second-order valence-electron chi connectivity index (χ2n) is 6.89. The molecule has 0 aliphatic carbocycles. The molecule has 1 aliphatic heterocycles. The molecule has 0 unspecified atom stereocenters. The van der Waals surface area contributed by atoms with E-state index in [4.69, 9.17) is 0 Å². The van der Waals surface area contributed by atoms with Crippen molar-refractivity contribution in [3.05, 3.63) is 53.9 Å². The molecule has 3 heterocycles. The molecule has 1 fully saturated rings. The van der Waals surface area contributed by atoms with Gasteiger partial charge in [0.25, 0.3) is 5.91 Å². The molecule has 8 nitrogen and oxygen atoms in total. The summed E-state index contributed by atoms with van der Waals surface area (Å²) in [5.41, 5.74) is 0.852. The number of benzene rings is 1. The lowest BCUT2D eigenvalue weighted by Gasteiger charge is -2.34. The molecule has 0 N–H and O–H groups in total. The van der Waals surface area contributed by atoms with Crippen molar-refractivity contribution in [1.82, 2.24) is 29.6 Å².